The average molecular weight is 425 g/mol. The second kappa shape index (κ2) is 10.1. The van der Waals surface area contributed by atoms with Gasteiger partial charge in [-0.2, -0.15) is 0 Å². The molecule has 0 spiro atoms. The highest BCUT2D eigenvalue weighted by molar-refractivity contribution is 5.91. The zero-order valence-electron chi connectivity index (χ0n) is 17.8. The predicted molar refractivity (Wildman–Crippen MR) is 117 cm³/mol. The van der Waals surface area contributed by atoms with Crippen LogP contribution in [-0.4, -0.2) is 43.5 Å². The van der Waals surface area contributed by atoms with Gasteiger partial charge in [0, 0.05) is 37.5 Å². The minimum atomic E-state index is -0.747. The number of anilines is 1. The number of hydrogen-bond donors (Lipinski definition) is 1. The topological polar surface area (TPSA) is 102 Å². The van der Waals surface area contributed by atoms with Crippen molar-refractivity contribution in [2.45, 2.75) is 32.1 Å². The lowest BCUT2D eigenvalue weighted by Gasteiger charge is -2.32. The van der Waals surface area contributed by atoms with E-state index in [-0.39, 0.29) is 11.6 Å². The standard InChI is InChI=1S/C23H27N3O5/c1-3-24-22(27)21(16-7-9-17(10-8-16)23(28)31-2)19-15-18(26(29)30)11-12-20(19)25-13-5-4-6-14-25/h7-12,15,21H,3-6,13-14H2,1-2H3,(H,24,27). The first-order valence-electron chi connectivity index (χ1n) is 10.5. The van der Waals surface area contributed by atoms with Crippen molar-refractivity contribution in [2.75, 3.05) is 31.6 Å². The maximum absolute atomic E-state index is 13.1. The second-order valence-electron chi connectivity index (χ2n) is 7.49. The summed E-state index contributed by atoms with van der Waals surface area (Å²) in [5, 5.41) is 14.3. The number of likely N-dealkylation sites (N-methyl/N-ethyl adjacent to an activating group) is 1. The molecule has 2 aromatic carbocycles. The quantitative estimate of drug-likeness (QED) is 0.413. The molecule has 1 aliphatic heterocycles. The van der Waals surface area contributed by atoms with E-state index in [1.165, 1.54) is 19.2 Å². The van der Waals surface area contributed by atoms with Crippen LogP contribution in [0.2, 0.25) is 0 Å². The Labute approximate surface area is 181 Å². The van der Waals surface area contributed by atoms with Crippen molar-refractivity contribution in [3.8, 4) is 0 Å². The van der Waals surface area contributed by atoms with E-state index in [9.17, 15) is 19.7 Å². The highest BCUT2D eigenvalue weighted by Crippen LogP contribution is 2.37. The summed E-state index contributed by atoms with van der Waals surface area (Å²) in [7, 11) is 1.31. The Hall–Kier alpha value is -3.42. The van der Waals surface area contributed by atoms with E-state index in [0.29, 0.717) is 23.2 Å². The van der Waals surface area contributed by atoms with Crippen molar-refractivity contribution in [1.82, 2.24) is 5.32 Å². The lowest BCUT2D eigenvalue weighted by atomic mass is 9.87. The highest BCUT2D eigenvalue weighted by Gasteiger charge is 2.29. The van der Waals surface area contributed by atoms with Gasteiger partial charge >= 0.3 is 5.97 Å². The molecule has 1 atom stereocenters. The molecule has 8 heteroatoms. The first-order chi connectivity index (χ1) is 15.0. The molecule has 0 bridgehead atoms. The lowest BCUT2D eigenvalue weighted by molar-refractivity contribution is -0.384. The third-order valence-corrected chi connectivity index (χ3v) is 5.51. The number of nitrogens with zero attached hydrogens (tertiary/aromatic N) is 2. The van der Waals surface area contributed by atoms with E-state index in [1.54, 1.807) is 30.3 Å². The summed E-state index contributed by atoms with van der Waals surface area (Å²) in [5.74, 6) is -1.46. The van der Waals surface area contributed by atoms with Gasteiger partial charge in [-0.25, -0.2) is 4.79 Å². The van der Waals surface area contributed by atoms with Gasteiger partial charge in [0.1, 0.15) is 0 Å². The zero-order chi connectivity index (χ0) is 22.4. The lowest BCUT2D eigenvalue weighted by Crippen LogP contribution is -2.34. The first-order valence-corrected chi connectivity index (χ1v) is 10.5. The van der Waals surface area contributed by atoms with E-state index in [4.69, 9.17) is 4.74 Å². The van der Waals surface area contributed by atoms with Crippen LogP contribution in [0.15, 0.2) is 42.5 Å². The monoisotopic (exact) mass is 425 g/mol. The molecule has 1 unspecified atom stereocenters. The maximum atomic E-state index is 13.1. The number of methoxy groups -OCH3 is 1. The number of carbonyl (C=O) groups is 2. The molecule has 1 fully saturated rings. The smallest absolute Gasteiger partial charge is 0.337 e. The SMILES string of the molecule is CCNC(=O)C(c1ccc(C(=O)OC)cc1)c1cc([N+](=O)[O-])ccc1N1CCCCC1. The fraction of sp³-hybridized carbons (Fsp3) is 0.391. The van der Waals surface area contributed by atoms with Crippen LogP contribution in [0.5, 0.6) is 0 Å². The van der Waals surface area contributed by atoms with E-state index in [1.807, 2.05) is 6.92 Å². The Kier molecular flexibility index (Phi) is 7.23. The zero-order valence-corrected chi connectivity index (χ0v) is 17.8. The number of ether oxygens (including phenoxy) is 1. The number of esters is 1. The van der Waals surface area contributed by atoms with Gasteiger partial charge < -0.3 is 15.0 Å². The molecule has 2 aromatic rings. The van der Waals surface area contributed by atoms with Gasteiger partial charge in [-0.1, -0.05) is 12.1 Å². The molecule has 1 amide bonds. The van der Waals surface area contributed by atoms with Crippen LogP contribution < -0.4 is 10.2 Å². The molecule has 1 saturated heterocycles. The number of nitro benzene ring substituents is 1. The Balaban J connectivity index is 2.13. The van der Waals surface area contributed by atoms with E-state index < -0.39 is 16.8 Å². The molecule has 164 valence electrons. The highest BCUT2D eigenvalue weighted by atomic mass is 16.6. The second-order valence-corrected chi connectivity index (χ2v) is 7.49. The molecule has 3 rings (SSSR count). The van der Waals surface area contributed by atoms with E-state index in [0.717, 1.165) is 38.0 Å². The Morgan fingerprint density at radius 2 is 1.81 bits per heavy atom. The minimum absolute atomic E-state index is 0.0590. The van der Waals surface area contributed by atoms with Gasteiger partial charge in [-0.15, -0.1) is 0 Å². The fourth-order valence-electron chi connectivity index (χ4n) is 3.99. The fourth-order valence-corrected chi connectivity index (χ4v) is 3.99. The van der Waals surface area contributed by atoms with Gasteiger partial charge in [0.15, 0.2) is 0 Å². The molecule has 0 aliphatic carbocycles. The number of piperidine rings is 1. The molecule has 1 aliphatic rings. The molecule has 1 heterocycles. The molecule has 0 aromatic heterocycles. The van der Waals surface area contributed by atoms with Crippen LogP contribution in [0.25, 0.3) is 0 Å². The van der Waals surface area contributed by atoms with Gasteiger partial charge in [-0.3, -0.25) is 14.9 Å². The number of nitro groups is 1. The Bertz CT molecular complexity index is 952. The largest absolute Gasteiger partial charge is 0.465 e. The number of nitrogens with one attached hydrogen (secondary N) is 1. The Morgan fingerprint density at radius 3 is 2.39 bits per heavy atom. The summed E-state index contributed by atoms with van der Waals surface area (Å²) in [6, 6.07) is 11.3. The maximum Gasteiger partial charge on any atom is 0.337 e. The van der Waals surface area contributed by atoms with Crippen LogP contribution in [-0.2, 0) is 9.53 Å². The van der Waals surface area contributed by atoms with Crippen LogP contribution in [0.3, 0.4) is 0 Å². The van der Waals surface area contributed by atoms with Crippen LogP contribution >= 0.6 is 0 Å². The third kappa shape index (κ3) is 5.02. The average Bonchev–Trinajstić information content (AvgIpc) is 2.80. The van der Waals surface area contributed by atoms with Crippen molar-refractivity contribution in [2.24, 2.45) is 0 Å². The number of benzene rings is 2. The van der Waals surface area contributed by atoms with Gasteiger partial charge in [-0.05, 0) is 55.5 Å². The number of rotatable bonds is 7. The Morgan fingerprint density at radius 1 is 1.13 bits per heavy atom. The number of carbonyl (C=O) groups excluding carboxylic acids is 2. The molecule has 0 saturated carbocycles. The summed E-state index contributed by atoms with van der Waals surface area (Å²) in [6.07, 6.45) is 3.22. The molecule has 1 N–H and O–H groups in total. The first kappa shape index (κ1) is 22.3. The number of amides is 1. The summed E-state index contributed by atoms with van der Waals surface area (Å²) < 4.78 is 4.75. The van der Waals surface area contributed by atoms with Gasteiger partial charge in [0.25, 0.3) is 5.69 Å². The van der Waals surface area contributed by atoms with E-state index >= 15 is 0 Å². The van der Waals surface area contributed by atoms with Crippen LogP contribution in [0.1, 0.15) is 53.6 Å². The number of hydrogen-bond acceptors (Lipinski definition) is 6. The van der Waals surface area contributed by atoms with Crippen molar-refractivity contribution >= 4 is 23.3 Å². The third-order valence-electron chi connectivity index (χ3n) is 5.51. The molecular formula is C23H27N3O5. The molecule has 31 heavy (non-hydrogen) atoms. The van der Waals surface area contributed by atoms with Crippen molar-refractivity contribution < 1.29 is 19.2 Å². The molecule has 0 radical (unpaired) electrons. The van der Waals surface area contributed by atoms with E-state index in [2.05, 4.69) is 10.2 Å². The van der Waals surface area contributed by atoms with Crippen molar-refractivity contribution in [1.29, 1.82) is 0 Å². The van der Waals surface area contributed by atoms with Crippen molar-refractivity contribution in [3.05, 3.63) is 69.3 Å². The predicted octanol–water partition coefficient (Wildman–Crippen LogP) is 3.64. The van der Waals surface area contributed by atoms with Crippen LogP contribution in [0, 0.1) is 10.1 Å². The summed E-state index contributed by atoms with van der Waals surface area (Å²) in [5.41, 5.74) is 2.39. The van der Waals surface area contributed by atoms with Gasteiger partial charge in [0.2, 0.25) is 5.91 Å². The summed E-state index contributed by atoms with van der Waals surface area (Å²) >= 11 is 0. The molecule has 8 nitrogen and oxygen atoms in total. The van der Waals surface area contributed by atoms with Crippen molar-refractivity contribution in [3.63, 3.8) is 0 Å². The summed E-state index contributed by atoms with van der Waals surface area (Å²) in [6.45, 7) is 3.94. The minimum Gasteiger partial charge on any atom is -0.465 e. The number of non-ortho nitro benzene ring substituents is 1. The van der Waals surface area contributed by atoms with Gasteiger partial charge in [0.05, 0.1) is 23.5 Å². The van der Waals surface area contributed by atoms with Crippen LogP contribution in [0.4, 0.5) is 11.4 Å². The molecular weight excluding hydrogens is 398 g/mol. The normalized spacial score (nSPS) is 14.6. The summed E-state index contributed by atoms with van der Waals surface area (Å²) in [4.78, 5) is 38.2.